The summed E-state index contributed by atoms with van der Waals surface area (Å²) in [4.78, 5) is 15.9. The van der Waals surface area contributed by atoms with E-state index >= 15 is 0 Å². The Labute approximate surface area is 116 Å². The van der Waals surface area contributed by atoms with Gasteiger partial charge in [-0.05, 0) is 23.8 Å². The fourth-order valence-electron chi connectivity index (χ4n) is 2.57. The van der Waals surface area contributed by atoms with Gasteiger partial charge >= 0.3 is 5.97 Å². The molecule has 0 aliphatic heterocycles. The smallest absolute Gasteiger partial charge is 0.317 e. The summed E-state index contributed by atoms with van der Waals surface area (Å²) in [7, 11) is 1.92. The summed E-state index contributed by atoms with van der Waals surface area (Å²) < 4.78 is 1.95. The minimum absolute atomic E-state index is 0.552. The molecule has 100 valence electrons. The molecule has 4 heteroatoms. The highest BCUT2D eigenvalue weighted by Gasteiger charge is 2.26. The van der Waals surface area contributed by atoms with Crippen molar-refractivity contribution in [1.29, 1.82) is 0 Å². The maximum atomic E-state index is 11.7. The number of aryl methyl sites for hydroxylation is 1. The zero-order valence-corrected chi connectivity index (χ0v) is 11.0. The molecule has 0 amide bonds. The molecule has 0 aliphatic rings. The highest BCUT2D eigenvalue weighted by molar-refractivity contribution is 5.91. The van der Waals surface area contributed by atoms with Crippen molar-refractivity contribution in [3.05, 3.63) is 66.1 Å². The maximum absolute atomic E-state index is 11.7. The van der Waals surface area contributed by atoms with Crippen LogP contribution in [-0.2, 0) is 11.8 Å². The Morgan fingerprint density at radius 2 is 1.95 bits per heavy atom. The van der Waals surface area contributed by atoms with E-state index in [4.69, 9.17) is 0 Å². The van der Waals surface area contributed by atoms with Crippen molar-refractivity contribution in [3.8, 4) is 0 Å². The fraction of sp³-hybridized carbons (Fsp3) is 0.125. The van der Waals surface area contributed by atoms with Crippen LogP contribution >= 0.6 is 0 Å². The Hall–Kier alpha value is -2.62. The van der Waals surface area contributed by atoms with Crippen LogP contribution in [0.5, 0.6) is 0 Å². The van der Waals surface area contributed by atoms with Gasteiger partial charge in [0.2, 0.25) is 0 Å². The first-order valence-electron chi connectivity index (χ1n) is 6.36. The van der Waals surface area contributed by atoms with Gasteiger partial charge in [0.15, 0.2) is 0 Å². The average molecular weight is 266 g/mol. The van der Waals surface area contributed by atoms with Crippen molar-refractivity contribution in [2.24, 2.45) is 7.05 Å². The Morgan fingerprint density at radius 1 is 1.20 bits per heavy atom. The molecule has 0 spiro atoms. The van der Waals surface area contributed by atoms with Gasteiger partial charge in [-0.25, -0.2) is 0 Å². The molecule has 2 heterocycles. The lowest BCUT2D eigenvalue weighted by atomic mass is 9.95. The molecule has 3 aromatic rings. The number of benzene rings is 1. The van der Waals surface area contributed by atoms with Crippen LogP contribution in [0.3, 0.4) is 0 Å². The van der Waals surface area contributed by atoms with E-state index in [9.17, 15) is 9.90 Å². The Balaban J connectivity index is 2.23. The summed E-state index contributed by atoms with van der Waals surface area (Å²) in [6.45, 7) is 0. The minimum Gasteiger partial charge on any atom is -0.480 e. The monoisotopic (exact) mass is 266 g/mol. The van der Waals surface area contributed by atoms with Gasteiger partial charge < -0.3 is 9.67 Å². The predicted molar refractivity (Wildman–Crippen MR) is 76.6 cm³/mol. The maximum Gasteiger partial charge on any atom is 0.317 e. The summed E-state index contributed by atoms with van der Waals surface area (Å²) >= 11 is 0. The number of hydrogen-bond donors (Lipinski definition) is 1. The zero-order chi connectivity index (χ0) is 14.1. The summed E-state index contributed by atoms with van der Waals surface area (Å²) in [5, 5.41) is 10.6. The summed E-state index contributed by atoms with van der Waals surface area (Å²) in [6, 6.07) is 13.1. The Bertz CT molecular complexity index is 763. The Morgan fingerprint density at radius 3 is 2.65 bits per heavy atom. The highest BCUT2D eigenvalue weighted by atomic mass is 16.4. The SMILES string of the molecule is Cn1cc(C(C(=O)O)c2ccccn2)c2ccccc21. The van der Waals surface area contributed by atoms with Gasteiger partial charge in [0, 0.05) is 30.3 Å². The molecule has 4 nitrogen and oxygen atoms in total. The van der Waals surface area contributed by atoms with Gasteiger partial charge in [0.1, 0.15) is 5.92 Å². The van der Waals surface area contributed by atoms with Gasteiger partial charge in [-0.2, -0.15) is 0 Å². The number of para-hydroxylation sites is 1. The van der Waals surface area contributed by atoms with Crippen LogP contribution in [-0.4, -0.2) is 20.6 Å². The first-order chi connectivity index (χ1) is 9.68. The van der Waals surface area contributed by atoms with Crippen molar-refractivity contribution in [3.63, 3.8) is 0 Å². The second kappa shape index (κ2) is 4.81. The number of pyridine rings is 1. The van der Waals surface area contributed by atoms with Crippen molar-refractivity contribution >= 4 is 16.9 Å². The van der Waals surface area contributed by atoms with E-state index in [2.05, 4.69) is 4.98 Å². The molecular formula is C16H14N2O2. The number of aliphatic carboxylic acids is 1. The van der Waals surface area contributed by atoms with Gasteiger partial charge in [0.25, 0.3) is 0 Å². The van der Waals surface area contributed by atoms with Crippen molar-refractivity contribution < 1.29 is 9.90 Å². The van der Waals surface area contributed by atoms with Crippen LogP contribution in [0, 0.1) is 0 Å². The summed E-state index contributed by atoms with van der Waals surface area (Å²) in [5.74, 6) is -1.64. The average Bonchev–Trinajstić information content (AvgIpc) is 2.78. The van der Waals surface area contributed by atoms with Crippen LogP contribution in [0.15, 0.2) is 54.9 Å². The molecule has 1 unspecified atom stereocenters. The molecule has 1 N–H and O–H groups in total. The standard InChI is InChI=1S/C16H14N2O2/c1-18-10-12(11-6-2-3-8-14(11)18)15(16(19)20)13-7-4-5-9-17-13/h2-10,15H,1H3,(H,19,20). The molecule has 1 atom stereocenters. The minimum atomic E-state index is -0.889. The summed E-state index contributed by atoms with van der Waals surface area (Å²) in [5.41, 5.74) is 2.34. The molecule has 0 saturated carbocycles. The van der Waals surface area contributed by atoms with E-state index < -0.39 is 11.9 Å². The number of carboxylic acid groups (broad SMARTS) is 1. The topological polar surface area (TPSA) is 55.1 Å². The quantitative estimate of drug-likeness (QED) is 0.793. The molecule has 1 aromatic carbocycles. The highest BCUT2D eigenvalue weighted by Crippen LogP contribution is 2.31. The predicted octanol–water partition coefficient (Wildman–Crippen LogP) is 2.79. The second-order valence-electron chi connectivity index (χ2n) is 4.74. The largest absolute Gasteiger partial charge is 0.480 e. The van der Waals surface area contributed by atoms with Crippen LogP contribution in [0.2, 0.25) is 0 Å². The molecule has 0 radical (unpaired) electrons. The lowest BCUT2D eigenvalue weighted by Gasteiger charge is -2.10. The number of hydrogen-bond acceptors (Lipinski definition) is 2. The zero-order valence-electron chi connectivity index (χ0n) is 11.0. The van der Waals surface area contributed by atoms with E-state index in [0.29, 0.717) is 5.69 Å². The third kappa shape index (κ3) is 1.95. The van der Waals surface area contributed by atoms with E-state index in [1.165, 1.54) is 0 Å². The summed E-state index contributed by atoms with van der Waals surface area (Å²) in [6.07, 6.45) is 3.49. The van der Waals surface area contributed by atoms with E-state index in [1.54, 1.807) is 18.3 Å². The first kappa shape index (κ1) is 12.4. The first-order valence-corrected chi connectivity index (χ1v) is 6.36. The molecule has 0 bridgehead atoms. The molecule has 2 aromatic heterocycles. The van der Waals surface area contributed by atoms with E-state index in [0.717, 1.165) is 16.5 Å². The Kier molecular flexibility index (Phi) is 2.99. The van der Waals surface area contributed by atoms with E-state index in [-0.39, 0.29) is 0 Å². The lowest BCUT2D eigenvalue weighted by Crippen LogP contribution is -2.14. The van der Waals surface area contributed by atoms with Gasteiger partial charge in [-0.15, -0.1) is 0 Å². The molecule has 0 fully saturated rings. The van der Waals surface area contributed by atoms with Crippen LogP contribution in [0.1, 0.15) is 17.2 Å². The molecular weight excluding hydrogens is 252 g/mol. The molecule has 20 heavy (non-hydrogen) atoms. The molecule has 0 aliphatic carbocycles. The third-order valence-electron chi connectivity index (χ3n) is 3.47. The lowest BCUT2D eigenvalue weighted by molar-refractivity contribution is -0.137. The van der Waals surface area contributed by atoms with Crippen molar-refractivity contribution in [2.75, 3.05) is 0 Å². The number of carbonyl (C=O) groups is 1. The van der Waals surface area contributed by atoms with Crippen LogP contribution in [0.4, 0.5) is 0 Å². The van der Waals surface area contributed by atoms with Crippen LogP contribution in [0.25, 0.3) is 10.9 Å². The van der Waals surface area contributed by atoms with Crippen molar-refractivity contribution in [2.45, 2.75) is 5.92 Å². The van der Waals surface area contributed by atoms with Gasteiger partial charge in [-0.3, -0.25) is 9.78 Å². The number of carboxylic acids is 1. The second-order valence-corrected chi connectivity index (χ2v) is 4.74. The number of nitrogens with zero attached hydrogens (tertiary/aromatic N) is 2. The van der Waals surface area contributed by atoms with Crippen molar-refractivity contribution in [1.82, 2.24) is 9.55 Å². The fourth-order valence-corrected chi connectivity index (χ4v) is 2.57. The third-order valence-corrected chi connectivity index (χ3v) is 3.47. The molecule has 3 rings (SSSR count). The number of rotatable bonds is 3. The van der Waals surface area contributed by atoms with E-state index in [1.807, 2.05) is 48.1 Å². The van der Waals surface area contributed by atoms with Gasteiger partial charge in [-0.1, -0.05) is 24.3 Å². The van der Waals surface area contributed by atoms with Gasteiger partial charge in [0.05, 0.1) is 5.69 Å². The van der Waals surface area contributed by atoms with Crippen LogP contribution < -0.4 is 0 Å². The molecule has 0 saturated heterocycles. The number of aromatic nitrogens is 2. The number of fused-ring (bicyclic) bond motifs is 1. The normalized spacial score (nSPS) is 12.4.